The Labute approximate surface area is 135 Å². The fourth-order valence-electron chi connectivity index (χ4n) is 0.457. The van der Waals surface area contributed by atoms with Crippen molar-refractivity contribution in [1.29, 1.82) is 0 Å². The zero-order chi connectivity index (χ0) is 22.4. The third-order valence-electron chi connectivity index (χ3n) is 1.24. The molecule has 0 heterocycles. The molecule has 26 heavy (non-hydrogen) atoms. The van der Waals surface area contributed by atoms with E-state index in [0.717, 1.165) is 0 Å². The van der Waals surface area contributed by atoms with Crippen LogP contribution in [0.15, 0.2) is 0 Å². The molecule has 0 aliphatic rings. The Balaban J connectivity index is -0.000000224. The van der Waals surface area contributed by atoms with Gasteiger partial charge in [0.25, 0.3) is 0 Å². The van der Waals surface area contributed by atoms with Crippen LogP contribution in [0.25, 0.3) is 0 Å². The Morgan fingerprint density at radius 1 is 0.769 bits per heavy atom. The molecule has 0 saturated heterocycles. The standard InChI is InChI=1S/C5HF9O3.C2H5F.2CH2F2/c6-2(1(15)16,3(7,8)9)17-5(13,14)4(10,11)12;1-2-3;2*2-1-3/h(H,15,16);2H2,1H3;2*1H2. The summed E-state index contributed by atoms with van der Waals surface area (Å²) in [5.74, 6) is -9.86. The van der Waals surface area contributed by atoms with Crippen LogP contribution in [-0.4, -0.2) is 55.9 Å². The van der Waals surface area contributed by atoms with Crippen LogP contribution < -0.4 is 0 Å². The van der Waals surface area contributed by atoms with E-state index in [0.29, 0.717) is 0 Å². The fourth-order valence-corrected chi connectivity index (χ4v) is 0.457. The van der Waals surface area contributed by atoms with Crippen LogP contribution in [-0.2, 0) is 9.53 Å². The SMILES string of the molecule is CCF.FCF.FCF.O=C(O)C(F)(OC(F)(F)C(F)(F)F)C(F)(F)F. The van der Waals surface area contributed by atoms with Gasteiger partial charge in [0.2, 0.25) is 13.9 Å². The smallest absolute Gasteiger partial charge is 0.477 e. The monoisotopic (exact) mass is 432 g/mol. The first-order valence-electron chi connectivity index (χ1n) is 5.33. The lowest BCUT2D eigenvalue weighted by molar-refractivity contribution is -0.460. The van der Waals surface area contributed by atoms with Crippen LogP contribution in [0.4, 0.5) is 61.5 Å². The first-order chi connectivity index (χ1) is 11.4. The van der Waals surface area contributed by atoms with E-state index in [9.17, 15) is 66.3 Å². The lowest BCUT2D eigenvalue weighted by Gasteiger charge is -2.28. The molecule has 0 aromatic rings. The molecule has 0 rings (SSSR count). The van der Waals surface area contributed by atoms with E-state index in [1.54, 1.807) is 4.74 Å². The summed E-state index contributed by atoms with van der Waals surface area (Å²) in [4.78, 5) is 9.75. The van der Waals surface area contributed by atoms with E-state index in [1.807, 2.05) is 0 Å². The average Bonchev–Trinajstić information content (AvgIpc) is 2.37. The molecular weight excluding hydrogens is 422 g/mol. The lowest BCUT2D eigenvalue weighted by atomic mass is 10.3. The second kappa shape index (κ2) is 13.6. The Bertz CT molecular complexity index is 350. The molecule has 0 radical (unpaired) electrons. The summed E-state index contributed by atoms with van der Waals surface area (Å²) in [6, 6.07) is 0. The molecule has 0 spiro atoms. The third-order valence-corrected chi connectivity index (χ3v) is 1.24. The van der Waals surface area contributed by atoms with Gasteiger partial charge < -0.3 is 5.11 Å². The van der Waals surface area contributed by atoms with Gasteiger partial charge in [-0.1, -0.05) is 0 Å². The molecule has 0 aliphatic heterocycles. The van der Waals surface area contributed by atoms with Crippen molar-refractivity contribution in [3.05, 3.63) is 0 Å². The molecule has 17 heteroatoms. The van der Waals surface area contributed by atoms with E-state index < -0.39 is 44.1 Å². The van der Waals surface area contributed by atoms with Crippen molar-refractivity contribution in [2.24, 2.45) is 0 Å². The van der Waals surface area contributed by atoms with Crippen LogP contribution in [0.1, 0.15) is 6.92 Å². The highest BCUT2D eigenvalue weighted by Gasteiger charge is 2.73. The second-order valence-electron chi connectivity index (χ2n) is 2.98. The minimum absolute atomic E-state index is 0.250. The molecule has 0 aromatic heterocycles. The summed E-state index contributed by atoms with van der Waals surface area (Å²) in [6.07, 6.45) is -19.9. The van der Waals surface area contributed by atoms with E-state index in [4.69, 9.17) is 5.11 Å². The van der Waals surface area contributed by atoms with Gasteiger partial charge in [0.15, 0.2) is 0 Å². The third kappa shape index (κ3) is 12.8. The molecule has 1 unspecified atom stereocenters. The molecule has 0 bridgehead atoms. The van der Waals surface area contributed by atoms with Gasteiger partial charge in [-0.05, 0) is 6.92 Å². The number of ether oxygens (including phenoxy) is 1. The summed E-state index contributed by atoms with van der Waals surface area (Å²) in [6.45, 7) is -2.29. The van der Waals surface area contributed by atoms with Gasteiger partial charge in [-0.25, -0.2) is 22.4 Å². The quantitative estimate of drug-likeness (QED) is 0.623. The van der Waals surface area contributed by atoms with Crippen LogP contribution >= 0.6 is 0 Å². The molecule has 0 aromatic carbocycles. The highest BCUT2D eigenvalue weighted by Crippen LogP contribution is 2.45. The highest BCUT2D eigenvalue weighted by atomic mass is 19.4. The maximum absolute atomic E-state index is 12.5. The van der Waals surface area contributed by atoms with Gasteiger partial charge in [0, 0.05) is 0 Å². The summed E-state index contributed by atoms with van der Waals surface area (Å²) >= 11 is 0. The number of aliphatic carboxylic acids is 1. The highest BCUT2D eigenvalue weighted by molar-refractivity contribution is 5.76. The minimum Gasteiger partial charge on any atom is -0.477 e. The zero-order valence-electron chi connectivity index (χ0n) is 12.2. The van der Waals surface area contributed by atoms with Crippen molar-refractivity contribution in [3.63, 3.8) is 0 Å². The molecule has 1 atom stereocenters. The molecule has 162 valence electrons. The molecule has 0 fully saturated rings. The maximum atomic E-state index is 12.5. The van der Waals surface area contributed by atoms with E-state index in [-0.39, 0.29) is 6.67 Å². The van der Waals surface area contributed by atoms with Crippen molar-refractivity contribution < 1.29 is 76.1 Å². The van der Waals surface area contributed by atoms with Crippen LogP contribution in [0.2, 0.25) is 0 Å². The number of carboxylic acids is 1. The first kappa shape index (κ1) is 32.1. The minimum atomic E-state index is -6.70. The van der Waals surface area contributed by atoms with Crippen LogP contribution in [0, 0.1) is 0 Å². The van der Waals surface area contributed by atoms with Crippen molar-refractivity contribution >= 4 is 5.97 Å². The number of hydrogen-bond donors (Lipinski definition) is 1. The molecular formula is C9H10F14O3. The maximum Gasteiger partial charge on any atom is 0.483 e. The molecule has 3 nitrogen and oxygen atoms in total. The van der Waals surface area contributed by atoms with Crippen molar-refractivity contribution in [1.82, 2.24) is 0 Å². The van der Waals surface area contributed by atoms with Crippen LogP contribution in [0.3, 0.4) is 0 Å². The number of halogens is 14. The Hall–Kier alpha value is -1.55. The predicted octanol–water partition coefficient (Wildman–Crippen LogP) is 5.21. The number of carboxylic acid groups (broad SMARTS) is 1. The van der Waals surface area contributed by atoms with Crippen LogP contribution in [0.5, 0.6) is 0 Å². The van der Waals surface area contributed by atoms with E-state index in [2.05, 4.69) is 0 Å². The largest absolute Gasteiger partial charge is 0.483 e. The molecule has 0 amide bonds. The van der Waals surface area contributed by atoms with Crippen molar-refractivity contribution in [3.8, 4) is 0 Å². The number of rotatable bonds is 3. The molecule has 0 aliphatic carbocycles. The molecule has 1 N–H and O–H groups in total. The van der Waals surface area contributed by atoms with Gasteiger partial charge in [-0.3, -0.25) is 9.13 Å². The van der Waals surface area contributed by atoms with Gasteiger partial charge in [0.05, 0.1) is 6.67 Å². The Morgan fingerprint density at radius 3 is 1.12 bits per heavy atom. The molecule has 0 saturated carbocycles. The number of carbonyl (C=O) groups is 1. The first-order valence-corrected chi connectivity index (χ1v) is 5.33. The predicted molar refractivity (Wildman–Crippen MR) is 55.4 cm³/mol. The van der Waals surface area contributed by atoms with E-state index in [1.165, 1.54) is 6.92 Å². The van der Waals surface area contributed by atoms with Gasteiger partial charge >= 0.3 is 30.3 Å². The average molecular weight is 432 g/mol. The summed E-state index contributed by atoms with van der Waals surface area (Å²) < 4.78 is 156. The normalized spacial score (nSPS) is 13.7. The van der Waals surface area contributed by atoms with Gasteiger partial charge in [-0.2, -0.15) is 39.5 Å². The van der Waals surface area contributed by atoms with Gasteiger partial charge in [-0.15, -0.1) is 0 Å². The summed E-state index contributed by atoms with van der Waals surface area (Å²) in [5, 5.41) is 7.68. The summed E-state index contributed by atoms with van der Waals surface area (Å²) in [5.41, 5.74) is 0. The van der Waals surface area contributed by atoms with E-state index >= 15 is 0 Å². The fraction of sp³-hybridized carbons (Fsp3) is 0.889. The second-order valence-corrected chi connectivity index (χ2v) is 2.98. The van der Waals surface area contributed by atoms with Gasteiger partial charge in [0.1, 0.15) is 0 Å². The summed E-state index contributed by atoms with van der Waals surface area (Å²) in [7, 11) is 0. The number of hydrogen-bond acceptors (Lipinski definition) is 2. The Morgan fingerprint density at radius 2 is 1.00 bits per heavy atom. The van der Waals surface area contributed by atoms with Crippen molar-refractivity contribution in [2.45, 2.75) is 31.2 Å². The topological polar surface area (TPSA) is 46.5 Å². The lowest BCUT2D eigenvalue weighted by Crippen LogP contribution is -2.57. The zero-order valence-corrected chi connectivity index (χ0v) is 12.2. The van der Waals surface area contributed by atoms with Crippen molar-refractivity contribution in [2.75, 3.05) is 20.5 Å². The Kier molecular flexibility index (Phi) is 16.9. The number of alkyl halides is 14.